The van der Waals surface area contributed by atoms with Crippen LogP contribution in [0.15, 0.2) is 60.2 Å². The maximum Gasteiger partial charge on any atom is 0.295 e. The maximum atomic E-state index is 13.5. The van der Waals surface area contributed by atoms with Crippen molar-refractivity contribution in [2.75, 3.05) is 28.4 Å². The number of aliphatic hydroxyl groups is 1. The number of amides is 1. The van der Waals surface area contributed by atoms with Crippen molar-refractivity contribution in [3.63, 3.8) is 0 Å². The predicted molar refractivity (Wildman–Crippen MR) is 143 cm³/mol. The van der Waals surface area contributed by atoms with Gasteiger partial charge in [0, 0.05) is 12.1 Å². The molecule has 1 atom stereocenters. The minimum absolute atomic E-state index is 0.0216. The zero-order valence-electron chi connectivity index (χ0n) is 22.3. The number of carbonyl (C=O) groups is 2. The Morgan fingerprint density at radius 3 is 2.05 bits per heavy atom. The van der Waals surface area contributed by atoms with Crippen molar-refractivity contribution in [3.05, 3.63) is 88.0 Å². The number of hydrogen-bond donors (Lipinski definition) is 1. The molecule has 3 aromatic rings. The summed E-state index contributed by atoms with van der Waals surface area (Å²) in [6.07, 6.45) is 0. The average molecular weight is 518 g/mol. The van der Waals surface area contributed by atoms with Crippen LogP contribution < -0.4 is 18.9 Å². The largest absolute Gasteiger partial charge is 0.507 e. The van der Waals surface area contributed by atoms with Gasteiger partial charge in [-0.15, -0.1) is 0 Å². The van der Waals surface area contributed by atoms with Crippen LogP contribution in [0.3, 0.4) is 0 Å². The topological polar surface area (TPSA) is 94.5 Å². The van der Waals surface area contributed by atoms with Gasteiger partial charge in [0.1, 0.15) is 17.3 Å². The van der Waals surface area contributed by atoms with Crippen LogP contribution in [-0.4, -0.2) is 50.1 Å². The molecule has 1 amide bonds. The van der Waals surface area contributed by atoms with E-state index < -0.39 is 17.7 Å². The molecule has 0 spiro atoms. The van der Waals surface area contributed by atoms with Crippen LogP contribution >= 0.6 is 0 Å². The van der Waals surface area contributed by atoms with Crippen molar-refractivity contribution in [1.29, 1.82) is 0 Å². The van der Waals surface area contributed by atoms with Gasteiger partial charge in [-0.1, -0.05) is 18.2 Å². The number of aliphatic hydroxyl groups excluding tert-OH is 1. The SMILES string of the molecule is COc1ccc(C2/C(=C(\O)c3cc(C)c(OC)cc3C)C(=O)C(=O)N2Cc2ccc(OC)c(OC)c2)cc1. The third-order valence-electron chi connectivity index (χ3n) is 6.77. The summed E-state index contributed by atoms with van der Waals surface area (Å²) in [5.74, 6) is 0.665. The first-order chi connectivity index (χ1) is 18.2. The molecular weight excluding hydrogens is 486 g/mol. The minimum atomic E-state index is -0.823. The molecule has 0 saturated carbocycles. The quantitative estimate of drug-likeness (QED) is 0.256. The molecule has 1 N–H and O–H groups in total. The van der Waals surface area contributed by atoms with Crippen molar-refractivity contribution in [2.24, 2.45) is 0 Å². The molecule has 1 fully saturated rings. The van der Waals surface area contributed by atoms with E-state index in [2.05, 4.69) is 0 Å². The Morgan fingerprint density at radius 1 is 0.789 bits per heavy atom. The van der Waals surface area contributed by atoms with E-state index >= 15 is 0 Å². The lowest BCUT2D eigenvalue weighted by atomic mass is 9.93. The Balaban J connectivity index is 1.87. The fourth-order valence-corrected chi connectivity index (χ4v) is 4.76. The van der Waals surface area contributed by atoms with Gasteiger partial charge >= 0.3 is 0 Å². The zero-order valence-corrected chi connectivity index (χ0v) is 22.3. The third-order valence-corrected chi connectivity index (χ3v) is 6.77. The number of rotatable bonds is 8. The summed E-state index contributed by atoms with van der Waals surface area (Å²) >= 11 is 0. The normalized spacial score (nSPS) is 16.5. The van der Waals surface area contributed by atoms with E-state index in [4.69, 9.17) is 18.9 Å². The first kappa shape index (κ1) is 26.6. The number of ketones is 1. The van der Waals surface area contributed by atoms with E-state index in [0.717, 1.165) is 11.1 Å². The summed E-state index contributed by atoms with van der Waals surface area (Å²) in [7, 11) is 6.21. The number of likely N-dealkylation sites (tertiary alicyclic amines) is 1. The van der Waals surface area contributed by atoms with Gasteiger partial charge in [-0.25, -0.2) is 0 Å². The Morgan fingerprint density at radius 2 is 1.45 bits per heavy atom. The van der Waals surface area contributed by atoms with Crippen LogP contribution in [0, 0.1) is 13.8 Å². The predicted octanol–water partition coefficient (Wildman–Crippen LogP) is 4.96. The zero-order chi connectivity index (χ0) is 27.6. The second-order valence-electron chi connectivity index (χ2n) is 9.03. The molecule has 0 radical (unpaired) electrons. The molecule has 4 rings (SSSR count). The first-order valence-electron chi connectivity index (χ1n) is 12.0. The fourth-order valence-electron chi connectivity index (χ4n) is 4.76. The summed E-state index contributed by atoms with van der Waals surface area (Å²) in [5.41, 5.74) is 3.39. The number of aryl methyl sites for hydroxylation is 2. The molecule has 3 aromatic carbocycles. The number of ether oxygens (including phenoxy) is 4. The van der Waals surface area contributed by atoms with Crippen molar-refractivity contribution < 1.29 is 33.6 Å². The molecule has 1 saturated heterocycles. The maximum absolute atomic E-state index is 13.5. The van der Waals surface area contributed by atoms with Gasteiger partial charge in [0.2, 0.25) is 0 Å². The Hall–Kier alpha value is -4.46. The molecule has 0 aromatic heterocycles. The van der Waals surface area contributed by atoms with Gasteiger partial charge < -0.3 is 29.0 Å². The fraction of sp³-hybridized carbons (Fsp3) is 0.267. The van der Waals surface area contributed by atoms with Crippen molar-refractivity contribution in [2.45, 2.75) is 26.4 Å². The molecule has 1 aliphatic rings. The molecule has 0 aliphatic carbocycles. The summed E-state index contributed by atoms with van der Waals surface area (Å²) in [6, 6.07) is 15.1. The standard InChI is InChI=1S/C30H31NO7/c1-17-14-24(37-5)18(2)13-22(17)28(32)26-27(20-8-10-21(35-3)11-9-20)31(30(34)29(26)33)16-19-7-12-23(36-4)25(15-19)38-6/h7-15,27,32H,16H2,1-6H3/b28-26+. The van der Waals surface area contributed by atoms with Gasteiger partial charge in [-0.05, 0) is 72.5 Å². The summed E-state index contributed by atoms with van der Waals surface area (Å²) < 4.78 is 21.4. The second-order valence-corrected chi connectivity index (χ2v) is 9.03. The van der Waals surface area contributed by atoms with Crippen LogP contribution in [0.25, 0.3) is 5.76 Å². The number of carbonyl (C=O) groups excluding carboxylic acids is 2. The number of hydrogen-bond acceptors (Lipinski definition) is 7. The van der Waals surface area contributed by atoms with E-state index in [9.17, 15) is 14.7 Å². The summed E-state index contributed by atoms with van der Waals surface area (Å²) in [6.45, 7) is 3.78. The van der Waals surface area contributed by atoms with Gasteiger partial charge in [-0.3, -0.25) is 9.59 Å². The molecule has 1 heterocycles. The minimum Gasteiger partial charge on any atom is -0.507 e. The molecule has 0 bridgehead atoms. The molecule has 1 aliphatic heterocycles. The van der Waals surface area contributed by atoms with Crippen LogP contribution in [0.5, 0.6) is 23.0 Å². The van der Waals surface area contributed by atoms with E-state index in [1.807, 2.05) is 19.9 Å². The van der Waals surface area contributed by atoms with Gasteiger partial charge in [0.15, 0.2) is 11.5 Å². The molecule has 38 heavy (non-hydrogen) atoms. The third kappa shape index (κ3) is 4.77. The number of benzene rings is 3. The Kier molecular flexibility index (Phi) is 7.62. The van der Waals surface area contributed by atoms with Gasteiger partial charge in [0.05, 0.1) is 40.1 Å². The van der Waals surface area contributed by atoms with Crippen LogP contribution in [-0.2, 0) is 16.1 Å². The highest BCUT2D eigenvalue weighted by molar-refractivity contribution is 6.46. The van der Waals surface area contributed by atoms with Gasteiger partial charge in [-0.2, -0.15) is 0 Å². The van der Waals surface area contributed by atoms with Crippen molar-refractivity contribution >= 4 is 17.4 Å². The van der Waals surface area contributed by atoms with E-state index in [1.54, 1.807) is 69.9 Å². The van der Waals surface area contributed by atoms with E-state index in [0.29, 0.717) is 39.7 Å². The highest BCUT2D eigenvalue weighted by atomic mass is 16.5. The molecular formula is C30H31NO7. The average Bonchev–Trinajstić information content (AvgIpc) is 3.18. The lowest BCUT2D eigenvalue weighted by molar-refractivity contribution is -0.140. The van der Waals surface area contributed by atoms with E-state index in [-0.39, 0.29) is 17.9 Å². The van der Waals surface area contributed by atoms with Crippen molar-refractivity contribution in [1.82, 2.24) is 4.90 Å². The van der Waals surface area contributed by atoms with Gasteiger partial charge in [0.25, 0.3) is 11.7 Å². The molecule has 1 unspecified atom stereocenters. The highest BCUT2D eigenvalue weighted by Crippen LogP contribution is 2.42. The Labute approximate surface area is 222 Å². The molecule has 8 heteroatoms. The summed E-state index contributed by atoms with van der Waals surface area (Å²) in [5, 5.41) is 11.5. The Bertz CT molecular complexity index is 1410. The monoisotopic (exact) mass is 517 g/mol. The number of methoxy groups -OCH3 is 4. The van der Waals surface area contributed by atoms with Crippen LogP contribution in [0.4, 0.5) is 0 Å². The lowest BCUT2D eigenvalue weighted by Gasteiger charge is -2.26. The highest BCUT2D eigenvalue weighted by Gasteiger charge is 2.46. The summed E-state index contributed by atoms with van der Waals surface area (Å²) in [4.78, 5) is 28.4. The molecule has 8 nitrogen and oxygen atoms in total. The van der Waals surface area contributed by atoms with Crippen LogP contribution in [0.1, 0.15) is 33.9 Å². The number of nitrogens with zero attached hydrogens (tertiary/aromatic N) is 1. The van der Waals surface area contributed by atoms with Crippen LogP contribution in [0.2, 0.25) is 0 Å². The number of Topliss-reactive ketones (excluding diaryl/α,β-unsaturated/α-hetero) is 1. The first-order valence-corrected chi connectivity index (χ1v) is 12.0. The smallest absolute Gasteiger partial charge is 0.295 e. The van der Waals surface area contributed by atoms with E-state index in [1.165, 1.54) is 12.0 Å². The second kappa shape index (κ2) is 10.9. The van der Waals surface area contributed by atoms with Crippen molar-refractivity contribution in [3.8, 4) is 23.0 Å². The lowest BCUT2D eigenvalue weighted by Crippen LogP contribution is -2.29. The molecule has 198 valence electrons.